The van der Waals surface area contributed by atoms with Crippen LogP contribution in [0.3, 0.4) is 0 Å². The summed E-state index contributed by atoms with van der Waals surface area (Å²) in [6, 6.07) is 0. The Morgan fingerprint density at radius 3 is 2.21 bits per heavy atom. The summed E-state index contributed by atoms with van der Waals surface area (Å²) in [7, 11) is 1.31. The van der Waals surface area contributed by atoms with Gasteiger partial charge in [0.05, 0.1) is 7.11 Å². The van der Waals surface area contributed by atoms with Crippen LogP contribution >= 0.6 is 0 Å². The van der Waals surface area contributed by atoms with Crippen molar-refractivity contribution in [1.29, 1.82) is 0 Å². The maximum absolute atomic E-state index is 10.6. The smallest absolute Gasteiger partial charge is 0.406 e. The van der Waals surface area contributed by atoms with Gasteiger partial charge in [0.2, 0.25) is 0 Å². The van der Waals surface area contributed by atoms with Crippen LogP contribution in [0.15, 0.2) is 0 Å². The Kier molecular flexibility index (Phi) is 7.30. The lowest BCUT2D eigenvalue weighted by Gasteiger charge is -2.03. The van der Waals surface area contributed by atoms with Crippen molar-refractivity contribution in [3.63, 3.8) is 0 Å². The molecule has 0 heterocycles. The summed E-state index contributed by atoms with van der Waals surface area (Å²) in [6.07, 6.45) is 1.02. The summed E-state index contributed by atoms with van der Waals surface area (Å²) in [6.45, 7) is 1.01. The van der Waals surface area contributed by atoms with Crippen LogP contribution in [0.25, 0.3) is 0 Å². The van der Waals surface area contributed by atoms with E-state index < -0.39 is 12.2 Å². The molecule has 82 valence electrons. The van der Waals surface area contributed by atoms with Gasteiger partial charge in [-0.3, -0.25) is 0 Å². The monoisotopic (exact) mass is 204 g/mol. The number of ether oxygens (including phenoxy) is 1. The summed E-state index contributed by atoms with van der Waals surface area (Å²) < 4.78 is 4.37. The molecule has 0 aromatic carbocycles. The average molecular weight is 204 g/mol. The zero-order valence-corrected chi connectivity index (χ0v) is 8.21. The third kappa shape index (κ3) is 8.63. The fraction of sp³-hybridized carbons (Fsp3) is 0.750. The van der Waals surface area contributed by atoms with Gasteiger partial charge in [-0.2, -0.15) is 0 Å². The molecule has 0 saturated heterocycles. The van der Waals surface area contributed by atoms with E-state index in [0.717, 1.165) is 19.3 Å². The number of rotatable bonds is 6. The second-order valence-corrected chi connectivity index (χ2v) is 2.71. The number of carbonyl (C=O) groups excluding carboxylic acids is 1. The molecular formula is C8H16N2O4. The molecule has 0 atom stereocenters. The Hall–Kier alpha value is -1.46. The first-order valence-electron chi connectivity index (χ1n) is 4.45. The number of alkyl carbamates (subject to hydrolysis) is 1. The number of carboxylic acid groups (broad SMARTS) is 1. The van der Waals surface area contributed by atoms with Crippen LogP contribution in [0.1, 0.15) is 19.3 Å². The summed E-state index contributed by atoms with van der Waals surface area (Å²) >= 11 is 0. The lowest BCUT2D eigenvalue weighted by Crippen LogP contribution is -2.24. The molecule has 0 aromatic heterocycles. The van der Waals surface area contributed by atoms with Gasteiger partial charge in [-0.25, -0.2) is 9.59 Å². The lowest BCUT2D eigenvalue weighted by molar-refractivity contribution is 0.171. The van der Waals surface area contributed by atoms with E-state index >= 15 is 0 Å². The van der Waals surface area contributed by atoms with E-state index in [1.807, 2.05) is 0 Å². The van der Waals surface area contributed by atoms with E-state index in [-0.39, 0.29) is 0 Å². The van der Waals surface area contributed by atoms with Crippen molar-refractivity contribution in [3.8, 4) is 0 Å². The van der Waals surface area contributed by atoms with Crippen LogP contribution in [0.2, 0.25) is 0 Å². The van der Waals surface area contributed by atoms with Gasteiger partial charge in [-0.1, -0.05) is 0 Å². The van der Waals surface area contributed by atoms with Crippen molar-refractivity contribution in [3.05, 3.63) is 0 Å². The van der Waals surface area contributed by atoms with Gasteiger partial charge >= 0.3 is 12.2 Å². The van der Waals surface area contributed by atoms with Crippen molar-refractivity contribution in [2.45, 2.75) is 19.3 Å². The number of amides is 2. The molecular weight excluding hydrogens is 188 g/mol. The molecule has 0 rings (SSSR count). The molecule has 0 aliphatic carbocycles. The first kappa shape index (κ1) is 12.5. The average Bonchev–Trinajstić information content (AvgIpc) is 2.15. The van der Waals surface area contributed by atoms with Crippen molar-refractivity contribution < 1.29 is 19.4 Å². The van der Waals surface area contributed by atoms with Crippen LogP contribution in [0, 0.1) is 0 Å². The first-order chi connectivity index (χ1) is 6.66. The first-order valence-corrected chi connectivity index (χ1v) is 4.45. The Balaban J connectivity index is 3.06. The molecule has 14 heavy (non-hydrogen) atoms. The molecule has 0 aromatic rings. The predicted octanol–water partition coefficient (Wildman–Crippen LogP) is 0.780. The van der Waals surface area contributed by atoms with Crippen LogP contribution in [-0.2, 0) is 4.74 Å². The minimum Gasteiger partial charge on any atom is -0.465 e. The van der Waals surface area contributed by atoms with Crippen molar-refractivity contribution in [2.24, 2.45) is 0 Å². The molecule has 6 nitrogen and oxygen atoms in total. The third-order valence-electron chi connectivity index (χ3n) is 1.58. The minimum atomic E-state index is -1.00. The number of nitrogens with one attached hydrogen (secondary N) is 2. The minimum absolute atomic E-state index is 0.436. The van der Waals surface area contributed by atoms with E-state index in [9.17, 15) is 9.59 Å². The highest BCUT2D eigenvalue weighted by molar-refractivity contribution is 5.66. The second-order valence-electron chi connectivity index (χ2n) is 2.71. The van der Waals surface area contributed by atoms with Crippen LogP contribution in [-0.4, -0.2) is 37.5 Å². The third-order valence-corrected chi connectivity index (χ3v) is 1.58. The van der Waals surface area contributed by atoms with Gasteiger partial charge in [0.25, 0.3) is 0 Å². The van der Waals surface area contributed by atoms with Crippen LogP contribution in [0.5, 0.6) is 0 Å². The summed E-state index contributed by atoms with van der Waals surface area (Å²) in [5, 5.41) is 13.0. The van der Waals surface area contributed by atoms with Crippen molar-refractivity contribution in [2.75, 3.05) is 20.2 Å². The Morgan fingerprint density at radius 1 is 1.14 bits per heavy atom. The largest absolute Gasteiger partial charge is 0.465 e. The molecule has 0 bridgehead atoms. The van der Waals surface area contributed by atoms with E-state index in [1.54, 1.807) is 0 Å². The topological polar surface area (TPSA) is 87.7 Å². The van der Waals surface area contributed by atoms with Gasteiger partial charge < -0.3 is 20.5 Å². The molecule has 3 N–H and O–H groups in total. The van der Waals surface area contributed by atoms with E-state index in [1.165, 1.54) is 7.11 Å². The summed E-state index contributed by atoms with van der Waals surface area (Å²) in [4.78, 5) is 20.6. The van der Waals surface area contributed by atoms with Crippen molar-refractivity contribution in [1.82, 2.24) is 10.6 Å². The molecule has 0 aliphatic rings. The Bertz CT molecular complexity index is 184. The Morgan fingerprint density at radius 2 is 1.71 bits per heavy atom. The molecule has 0 saturated carbocycles. The number of hydrogen-bond acceptors (Lipinski definition) is 3. The molecule has 0 aliphatic heterocycles. The van der Waals surface area contributed by atoms with Crippen LogP contribution in [0.4, 0.5) is 9.59 Å². The standard InChI is InChI=1S/C8H16N2O4/c1-14-8(13)10-6-4-2-3-5-9-7(11)12/h9H,2-6H2,1H3,(H,10,13)(H,11,12). The zero-order chi connectivity index (χ0) is 10.8. The molecule has 2 amide bonds. The second kappa shape index (κ2) is 8.15. The van der Waals surface area contributed by atoms with E-state index in [2.05, 4.69) is 15.4 Å². The van der Waals surface area contributed by atoms with Gasteiger partial charge in [0, 0.05) is 13.1 Å². The van der Waals surface area contributed by atoms with Gasteiger partial charge in [-0.05, 0) is 19.3 Å². The maximum atomic E-state index is 10.6. The highest BCUT2D eigenvalue weighted by atomic mass is 16.5. The Labute approximate surface area is 82.6 Å². The normalized spacial score (nSPS) is 9.21. The summed E-state index contributed by atoms with van der Waals surface area (Å²) in [5.74, 6) is 0. The van der Waals surface area contributed by atoms with Gasteiger partial charge in [-0.15, -0.1) is 0 Å². The maximum Gasteiger partial charge on any atom is 0.406 e. The molecule has 0 spiro atoms. The number of carbonyl (C=O) groups is 2. The molecule has 6 heteroatoms. The fourth-order valence-corrected chi connectivity index (χ4v) is 0.885. The van der Waals surface area contributed by atoms with E-state index in [0.29, 0.717) is 13.1 Å². The number of methoxy groups -OCH3 is 1. The number of unbranched alkanes of at least 4 members (excludes halogenated alkanes) is 2. The summed E-state index contributed by atoms with van der Waals surface area (Å²) in [5.41, 5.74) is 0. The van der Waals surface area contributed by atoms with Gasteiger partial charge in [0.1, 0.15) is 0 Å². The fourth-order valence-electron chi connectivity index (χ4n) is 0.885. The highest BCUT2D eigenvalue weighted by Gasteiger charge is 1.97. The molecule has 0 unspecified atom stereocenters. The predicted molar refractivity (Wildman–Crippen MR) is 50.3 cm³/mol. The SMILES string of the molecule is COC(=O)NCCCCCNC(=O)O. The van der Waals surface area contributed by atoms with Crippen molar-refractivity contribution >= 4 is 12.2 Å². The molecule has 0 radical (unpaired) electrons. The highest BCUT2D eigenvalue weighted by Crippen LogP contribution is 1.92. The molecule has 0 fully saturated rings. The quantitative estimate of drug-likeness (QED) is 0.558. The van der Waals surface area contributed by atoms with Crippen LogP contribution < -0.4 is 10.6 Å². The zero-order valence-electron chi connectivity index (χ0n) is 8.21. The lowest BCUT2D eigenvalue weighted by atomic mass is 10.2. The number of hydrogen-bond donors (Lipinski definition) is 3. The van der Waals surface area contributed by atoms with Gasteiger partial charge in [0.15, 0.2) is 0 Å². The van der Waals surface area contributed by atoms with E-state index in [4.69, 9.17) is 5.11 Å².